The van der Waals surface area contributed by atoms with E-state index in [9.17, 15) is 5.11 Å². The number of nitrogens with zero attached hydrogens (tertiary/aromatic N) is 1. The molecule has 3 rings (SSSR count). The number of hydrogen-bond acceptors (Lipinski definition) is 5. The Bertz CT molecular complexity index is 552. The summed E-state index contributed by atoms with van der Waals surface area (Å²) in [5.74, 6) is 1.62. The van der Waals surface area contributed by atoms with Gasteiger partial charge in [-0.25, -0.2) is 0 Å². The fourth-order valence-electron chi connectivity index (χ4n) is 3.96. The zero-order chi connectivity index (χ0) is 17.8. The van der Waals surface area contributed by atoms with Crippen LogP contribution in [0, 0.1) is 0 Å². The molecule has 2 heterocycles. The Morgan fingerprint density at radius 1 is 1.12 bits per heavy atom. The largest absolute Gasteiger partial charge is 0.490 e. The van der Waals surface area contributed by atoms with Crippen molar-refractivity contribution in [2.75, 3.05) is 39.5 Å². The second kappa shape index (κ2) is 7.94. The van der Waals surface area contributed by atoms with E-state index in [0.29, 0.717) is 19.8 Å². The monoisotopic (exact) mass is 349 g/mol. The van der Waals surface area contributed by atoms with E-state index in [4.69, 9.17) is 14.2 Å². The van der Waals surface area contributed by atoms with Gasteiger partial charge in [-0.2, -0.15) is 0 Å². The molecule has 25 heavy (non-hydrogen) atoms. The molecular weight excluding hydrogens is 318 g/mol. The van der Waals surface area contributed by atoms with Crippen LogP contribution in [-0.2, 0) is 4.74 Å². The van der Waals surface area contributed by atoms with Gasteiger partial charge in [-0.05, 0) is 45.2 Å². The van der Waals surface area contributed by atoms with E-state index in [0.717, 1.165) is 56.8 Å². The van der Waals surface area contributed by atoms with Crippen LogP contribution < -0.4 is 9.47 Å². The number of likely N-dealkylation sites (tertiary alicyclic amines) is 1. The van der Waals surface area contributed by atoms with E-state index >= 15 is 0 Å². The van der Waals surface area contributed by atoms with E-state index in [-0.39, 0.29) is 5.60 Å². The molecule has 0 saturated carbocycles. The van der Waals surface area contributed by atoms with Crippen molar-refractivity contribution in [2.24, 2.45) is 0 Å². The van der Waals surface area contributed by atoms with Gasteiger partial charge < -0.3 is 19.3 Å². The molecular formula is C20H31NO4. The quantitative estimate of drug-likeness (QED) is 0.856. The predicted octanol–water partition coefficient (Wildman–Crippen LogP) is 2.86. The van der Waals surface area contributed by atoms with E-state index in [1.165, 1.54) is 0 Å². The first-order valence-corrected chi connectivity index (χ1v) is 9.45. The molecule has 1 spiro atoms. The molecule has 5 heteroatoms. The molecule has 0 radical (unpaired) electrons. The molecule has 1 aromatic carbocycles. The van der Waals surface area contributed by atoms with Gasteiger partial charge >= 0.3 is 0 Å². The fourth-order valence-corrected chi connectivity index (χ4v) is 3.96. The number of rotatable bonds is 6. The SMILES string of the molecule is CCOc1ccccc1OCCN1CCC2(CC1)CC(C)(O)CCO2. The summed E-state index contributed by atoms with van der Waals surface area (Å²) in [5, 5.41) is 10.4. The summed E-state index contributed by atoms with van der Waals surface area (Å²) in [6.45, 7) is 8.75. The third kappa shape index (κ3) is 4.87. The molecule has 140 valence electrons. The van der Waals surface area contributed by atoms with Crippen molar-refractivity contribution in [2.45, 2.75) is 50.7 Å². The van der Waals surface area contributed by atoms with Crippen LogP contribution in [0.1, 0.15) is 39.5 Å². The van der Waals surface area contributed by atoms with E-state index < -0.39 is 5.60 Å². The minimum absolute atomic E-state index is 0.124. The van der Waals surface area contributed by atoms with E-state index in [2.05, 4.69) is 4.90 Å². The number of hydrogen-bond donors (Lipinski definition) is 1. The second-order valence-corrected chi connectivity index (χ2v) is 7.53. The highest BCUT2D eigenvalue weighted by molar-refractivity contribution is 5.39. The molecule has 0 bridgehead atoms. The van der Waals surface area contributed by atoms with Crippen molar-refractivity contribution >= 4 is 0 Å². The summed E-state index contributed by atoms with van der Waals surface area (Å²) >= 11 is 0. The van der Waals surface area contributed by atoms with Crippen molar-refractivity contribution in [3.8, 4) is 11.5 Å². The zero-order valence-corrected chi connectivity index (χ0v) is 15.5. The lowest BCUT2D eigenvalue weighted by molar-refractivity contribution is -0.172. The summed E-state index contributed by atoms with van der Waals surface area (Å²) in [4.78, 5) is 2.42. The standard InChI is InChI=1S/C20H31NO4/c1-3-23-17-6-4-5-7-18(17)24-15-13-21-11-8-20(9-12-21)16-19(2,22)10-14-25-20/h4-7,22H,3,8-16H2,1-2H3. The third-order valence-corrected chi connectivity index (χ3v) is 5.33. The Morgan fingerprint density at radius 2 is 1.80 bits per heavy atom. The van der Waals surface area contributed by atoms with Gasteiger partial charge in [0, 0.05) is 26.1 Å². The van der Waals surface area contributed by atoms with Gasteiger partial charge in [0.2, 0.25) is 0 Å². The van der Waals surface area contributed by atoms with Gasteiger partial charge in [-0.1, -0.05) is 12.1 Å². The topological polar surface area (TPSA) is 51.2 Å². The minimum Gasteiger partial charge on any atom is -0.490 e. The lowest BCUT2D eigenvalue weighted by Crippen LogP contribution is -2.53. The van der Waals surface area contributed by atoms with Crippen LogP contribution in [-0.4, -0.2) is 60.7 Å². The molecule has 0 amide bonds. The summed E-state index contributed by atoms with van der Waals surface area (Å²) < 4.78 is 17.6. The second-order valence-electron chi connectivity index (χ2n) is 7.53. The van der Waals surface area contributed by atoms with Crippen LogP contribution in [0.4, 0.5) is 0 Å². The molecule has 0 aromatic heterocycles. The highest BCUT2D eigenvalue weighted by Crippen LogP contribution is 2.39. The van der Waals surface area contributed by atoms with Gasteiger partial charge in [-0.15, -0.1) is 0 Å². The lowest BCUT2D eigenvalue weighted by Gasteiger charge is -2.48. The maximum absolute atomic E-state index is 10.4. The average molecular weight is 349 g/mol. The number of benzene rings is 1. The Labute approximate surface area is 150 Å². The van der Waals surface area contributed by atoms with Crippen molar-refractivity contribution in [3.05, 3.63) is 24.3 Å². The average Bonchev–Trinajstić information content (AvgIpc) is 2.58. The normalized spacial score (nSPS) is 26.5. The number of para-hydroxylation sites is 2. The highest BCUT2D eigenvalue weighted by atomic mass is 16.5. The van der Waals surface area contributed by atoms with Crippen LogP contribution in [0.5, 0.6) is 11.5 Å². The van der Waals surface area contributed by atoms with Crippen molar-refractivity contribution in [1.82, 2.24) is 4.90 Å². The fraction of sp³-hybridized carbons (Fsp3) is 0.700. The first-order chi connectivity index (χ1) is 12.0. The van der Waals surface area contributed by atoms with Gasteiger partial charge in [-0.3, -0.25) is 4.90 Å². The van der Waals surface area contributed by atoms with Gasteiger partial charge in [0.05, 0.1) is 24.4 Å². The first-order valence-electron chi connectivity index (χ1n) is 9.45. The summed E-state index contributed by atoms with van der Waals surface area (Å²) in [7, 11) is 0. The molecule has 1 N–H and O–H groups in total. The summed E-state index contributed by atoms with van der Waals surface area (Å²) in [6.07, 6.45) is 3.47. The van der Waals surface area contributed by atoms with E-state index in [1.54, 1.807) is 0 Å². The first kappa shape index (κ1) is 18.5. The Balaban J connectivity index is 1.44. The molecule has 2 aliphatic rings. The lowest BCUT2D eigenvalue weighted by atomic mass is 9.78. The van der Waals surface area contributed by atoms with Crippen LogP contribution in [0.2, 0.25) is 0 Å². The summed E-state index contributed by atoms with van der Waals surface area (Å²) in [6, 6.07) is 7.82. The molecule has 2 saturated heterocycles. The minimum atomic E-state index is -0.577. The van der Waals surface area contributed by atoms with Crippen LogP contribution >= 0.6 is 0 Å². The molecule has 2 fully saturated rings. The third-order valence-electron chi connectivity index (χ3n) is 5.33. The smallest absolute Gasteiger partial charge is 0.161 e. The molecule has 1 atom stereocenters. The summed E-state index contributed by atoms with van der Waals surface area (Å²) in [5.41, 5.74) is -0.701. The predicted molar refractivity (Wildman–Crippen MR) is 97.3 cm³/mol. The van der Waals surface area contributed by atoms with Crippen LogP contribution in [0.3, 0.4) is 0 Å². The van der Waals surface area contributed by atoms with Gasteiger partial charge in [0.1, 0.15) is 6.61 Å². The number of aliphatic hydroxyl groups is 1. The Morgan fingerprint density at radius 3 is 2.44 bits per heavy atom. The molecule has 0 aliphatic carbocycles. The van der Waals surface area contributed by atoms with Gasteiger partial charge in [0.15, 0.2) is 11.5 Å². The number of ether oxygens (including phenoxy) is 3. The van der Waals surface area contributed by atoms with Crippen molar-refractivity contribution < 1.29 is 19.3 Å². The highest BCUT2D eigenvalue weighted by Gasteiger charge is 2.44. The molecule has 5 nitrogen and oxygen atoms in total. The van der Waals surface area contributed by atoms with E-state index in [1.807, 2.05) is 38.1 Å². The maximum Gasteiger partial charge on any atom is 0.161 e. The molecule has 1 unspecified atom stereocenters. The Hall–Kier alpha value is -1.30. The van der Waals surface area contributed by atoms with Crippen LogP contribution in [0.25, 0.3) is 0 Å². The maximum atomic E-state index is 10.4. The van der Waals surface area contributed by atoms with Crippen molar-refractivity contribution in [3.63, 3.8) is 0 Å². The Kier molecular flexibility index (Phi) is 5.87. The molecule has 1 aromatic rings. The van der Waals surface area contributed by atoms with Crippen molar-refractivity contribution in [1.29, 1.82) is 0 Å². The number of piperidine rings is 1. The zero-order valence-electron chi connectivity index (χ0n) is 15.5. The van der Waals surface area contributed by atoms with Gasteiger partial charge in [0.25, 0.3) is 0 Å². The van der Waals surface area contributed by atoms with Crippen LogP contribution in [0.15, 0.2) is 24.3 Å². The molecule has 2 aliphatic heterocycles.